The van der Waals surface area contributed by atoms with Crippen LogP contribution >= 0.6 is 24.0 Å². The number of halogens is 1. The van der Waals surface area contributed by atoms with Crippen LogP contribution in [0.3, 0.4) is 0 Å². The van der Waals surface area contributed by atoms with Crippen LogP contribution in [0.15, 0.2) is 27.8 Å². The first kappa shape index (κ1) is 24.8. The zero-order valence-corrected chi connectivity index (χ0v) is 20.8. The lowest BCUT2D eigenvalue weighted by atomic mass is 10.1. The van der Waals surface area contributed by atoms with E-state index in [0.717, 1.165) is 89.8 Å². The summed E-state index contributed by atoms with van der Waals surface area (Å²) >= 11 is 0. The summed E-state index contributed by atoms with van der Waals surface area (Å²) in [4.78, 5) is 7.31. The molecule has 2 unspecified atom stereocenters. The molecule has 0 amide bonds. The predicted octanol–water partition coefficient (Wildman–Crippen LogP) is 3.61. The summed E-state index contributed by atoms with van der Waals surface area (Å²) in [5.74, 6) is 1.99. The second-order valence-electron chi connectivity index (χ2n) is 8.56. The summed E-state index contributed by atoms with van der Waals surface area (Å²) in [6, 6.07) is 3.96. The van der Waals surface area contributed by atoms with Gasteiger partial charge < -0.3 is 28.8 Å². The van der Waals surface area contributed by atoms with Crippen LogP contribution in [0.5, 0.6) is 0 Å². The predicted molar refractivity (Wildman–Crippen MR) is 131 cm³/mol. The Labute approximate surface area is 203 Å². The van der Waals surface area contributed by atoms with Gasteiger partial charge in [-0.15, -0.1) is 24.0 Å². The monoisotopic (exact) mass is 547 g/mol. The number of hydrogen-bond acceptors (Lipinski definition) is 5. The SMILES string of the molecule is I.c1coc(CCNC(=NCC2CCCCO2)N2CCC(OCC3CCCO3)CC2)c1. The van der Waals surface area contributed by atoms with Crippen molar-refractivity contribution in [1.82, 2.24) is 10.2 Å². The standard InChI is InChI=1S/C23H37N3O4.HI/c1-2-14-28-21(5-1)17-25-23(24-11-8-19-6-3-15-27-19)26-12-9-20(10-13-26)30-18-22-7-4-16-29-22;/h3,6,15,20-22H,1-2,4-5,7-14,16-18H2,(H,24,25);1H. The molecule has 0 saturated carbocycles. The molecule has 3 fully saturated rings. The van der Waals surface area contributed by atoms with E-state index in [1.54, 1.807) is 6.26 Å². The van der Waals surface area contributed by atoms with Crippen molar-refractivity contribution in [2.24, 2.45) is 4.99 Å². The minimum atomic E-state index is 0. The number of furan rings is 1. The fraction of sp³-hybridized carbons (Fsp3) is 0.783. The van der Waals surface area contributed by atoms with Crippen molar-refractivity contribution < 1.29 is 18.6 Å². The van der Waals surface area contributed by atoms with Crippen molar-refractivity contribution >= 4 is 29.9 Å². The molecule has 176 valence electrons. The first-order valence-corrected chi connectivity index (χ1v) is 11.8. The Morgan fingerprint density at radius 2 is 1.87 bits per heavy atom. The molecule has 1 aromatic rings. The third kappa shape index (κ3) is 8.22. The molecule has 3 aliphatic heterocycles. The van der Waals surface area contributed by atoms with Gasteiger partial charge in [-0.05, 0) is 57.1 Å². The average molecular weight is 547 g/mol. The van der Waals surface area contributed by atoms with E-state index in [1.165, 1.54) is 19.3 Å². The fourth-order valence-electron chi connectivity index (χ4n) is 4.41. The Kier molecular flexibility index (Phi) is 10.9. The van der Waals surface area contributed by atoms with Crippen LogP contribution in [0.1, 0.15) is 50.7 Å². The molecular weight excluding hydrogens is 509 g/mol. The molecule has 7 nitrogen and oxygen atoms in total. The number of guanidine groups is 1. The highest BCUT2D eigenvalue weighted by atomic mass is 127. The Bertz CT molecular complexity index is 623. The maximum absolute atomic E-state index is 6.14. The van der Waals surface area contributed by atoms with E-state index in [1.807, 2.05) is 12.1 Å². The van der Waals surface area contributed by atoms with Crippen LogP contribution < -0.4 is 5.32 Å². The van der Waals surface area contributed by atoms with E-state index in [-0.39, 0.29) is 30.1 Å². The number of piperidine rings is 1. The first-order chi connectivity index (χ1) is 14.9. The van der Waals surface area contributed by atoms with Gasteiger partial charge in [0.15, 0.2) is 5.96 Å². The summed E-state index contributed by atoms with van der Waals surface area (Å²) in [5, 5.41) is 3.56. The summed E-state index contributed by atoms with van der Waals surface area (Å²) < 4.78 is 23.2. The lowest BCUT2D eigenvalue weighted by molar-refractivity contribution is -0.0367. The van der Waals surface area contributed by atoms with Gasteiger partial charge in [0.1, 0.15) is 5.76 Å². The van der Waals surface area contributed by atoms with E-state index in [2.05, 4.69) is 10.2 Å². The molecule has 0 radical (unpaired) electrons. The van der Waals surface area contributed by atoms with Crippen LogP contribution in [0.4, 0.5) is 0 Å². The second kappa shape index (κ2) is 13.6. The van der Waals surface area contributed by atoms with Crippen LogP contribution in [-0.4, -0.2) is 75.2 Å². The van der Waals surface area contributed by atoms with Gasteiger partial charge >= 0.3 is 0 Å². The van der Waals surface area contributed by atoms with Crippen LogP contribution in [0, 0.1) is 0 Å². The van der Waals surface area contributed by atoms with E-state index >= 15 is 0 Å². The quantitative estimate of drug-likeness (QED) is 0.305. The largest absolute Gasteiger partial charge is 0.469 e. The maximum Gasteiger partial charge on any atom is 0.194 e. The number of nitrogens with one attached hydrogen (secondary N) is 1. The number of rotatable bonds is 8. The van der Waals surface area contributed by atoms with Gasteiger partial charge in [-0.3, -0.25) is 4.99 Å². The van der Waals surface area contributed by atoms with Gasteiger partial charge in [0, 0.05) is 39.3 Å². The van der Waals surface area contributed by atoms with Gasteiger partial charge in [0.05, 0.1) is 37.7 Å². The van der Waals surface area contributed by atoms with E-state index in [9.17, 15) is 0 Å². The van der Waals surface area contributed by atoms with Gasteiger partial charge in [-0.2, -0.15) is 0 Å². The molecule has 0 spiro atoms. The zero-order valence-electron chi connectivity index (χ0n) is 18.5. The molecule has 3 aliphatic rings. The highest BCUT2D eigenvalue weighted by Crippen LogP contribution is 2.18. The smallest absolute Gasteiger partial charge is 0.194 e. The number of ether oxygens (including phenoxy) is 3. The molecule has 0 bridgehead atoms. The molecule has 1 aromatic heterocycles. The Morgan fingerprint density at radius 1 is 1.06 bits per heavy atom. The second-order valence-corrected chi connectivity index (χ2v) is 8.56. The fourth-order valence-corrected chi connectivity index (χ4v) is 4.41. The molecule has 0 aromatic carbocycles. The van der Waals surface area contributed by atoms with Gasteiger partial charge in [-0.25, -0.2) is 0 Å². The molecule has 4 heterocycles. The topological polar surface area (TPSA) is 68.5 Å². The normalized spacial score (nSPS) is 25.4. The molecule has 4 rings (SSSR count). The molecule has 3 saturated heterocycles. The van der Waals surface area contributed by atoms with Gasteiger partial charge in [0.25, 0.3) is 0 Å². The average Bonchev–Trinajstić information content (AvgIpc) is 3.50. The molecule has 1 N–H and O–H groups in total. The third-order valence-electron chi connectivity index (χ3n) is 6.24. The number of hydrogen-bond donors (Lipinski definition) is 1. The zero-order chi connectivity index (χ0) is 20.4. The number of nitrogens with zero attached hydrogens (tertiary/aromatic N) is 2. The van der Waals surface area contributed by atoms with Crippen molar-refractivity contribution in [2.75, 3.05) is 46.0 Å². The lowest BCUT2D eigenvalue weighted by Crippen LogP contribution is -2.48. The van der Waals surface area contributed by atoms with Crippen molar-refractivity contribution in [3.8, 4) is 0 Å². The number of likely N-dealkylation sites (tertiary alicyclic amines) is 1. The molecule has 2 atom stereocenters. The van der Waals surface area contributed by atoms with Crippen LogP contribution in [-0.2, 0) is 20.6 Å². The van der Waals surface area contributed by atoms with E-state index in [4.69, 9.17) is 23.6 Å². The third-order valence-corrected chi connectivity index (χ3v) is 6.24. The van der Waals surface area contributed by atoms with Crippen molar-refractivity contribution in [3.63, 3.8) is 0 Å². The molecular formula is C23H38IN3O4. The number of aliphatic imine (C=N–C) groups is 1. The molecule has 31 heavy (non-hydrogen) atoms. The van der Waals surface area contributed by atoms with Crippen molar-refractivity contribution in [1.29, 1.82) is 0 Å². The lowest BCUT2D eigenvalue weighted by Gasteiger charge is -2.35. The molecule has 8 heteroatoms. The first-order valence-electron chi connectivity index (χ1n) is 11.8. The van der Waals surface area contributed by atoms with Crippen LogP contribution in [0.25, 0.3) is 0 Å². The van der Waals surface area contributed by atoms with E-state index < -0.39 is 0 Å². The Balaban J connectivity index is 0.00000272. The minimum Gasteiger partial charge on any atom is -0.469 e. The van der Waals surface area contributed by atoms with Crippen molar-refractivity contribution in [3.05, 3.63) is 24.2 Å². The maximum atomic E-state index is 6.14. The Hall–Kier alpha value is -0.840. The summed E-state index contributed by atoms with van der Waals surface area (Å²) in [6.45, 7) is 5.98. The van der Waals surface area contributed by atoms with Crippen LogP contribution in [0.2, 0.25) is 0 Å². The minimum absolute atomic E-state index is 0. The summed E-state index contributed by atoms with van der Waals surface area (Å²) in [7, 11) is 0. The highest BCUT2D eigenvalue weighted by molar-refractivity contribution is 14.0. The summed E-state index contributed by atoms with van der Waals surface area (Å²) in [6.07, 6.45) is 11.4. The van der Waals surface area contributed by atoms with Gasteiger partial charge in [0.2, 0.25) is 0 Å². The van der Waals surface area contributed by atoms with Crippen molar-refractivity contribution in [2.45, 2.75) is 69.7 Å². The molecule has 0 aliphatic carbocycles. The van der Waals surface area contributed by atoms with Gasteiger partial charge in [-0.1, -0.05) is 0 Å². The highest BCUT2D eigenvalue weighted by Gasteiger charge is 2.24. The summed E-state index contributed by atoms with van der Waals surface area (Å²) in [5.41, 5.74) is 0. The Morgan fingerprint density at radius 3 is 2.58 bits per heavy atom. The van der Waals surface area contributed by atoms with E-state index in [0.29, 0.717) is 12.2 Å².